The molecule has 3 rings (SSSR count). The number of rotatable bonds is 2. The van der Waals surface area contributed by atoms with E-state index in [1.165, 1.54) is 17.5 Å². The van der Waals surface area contributed by atoms with Gasteiger partial charge in [0, 0.05) is 5.69 Å². The van der Waals surface area contributed by atoms with Gasteiger partial charge in [0.2, 0.25) is 0 Å². The number of anilines is 1. The van der Waals surface area contributed by atoms with Crippen LogP contribution in [0.2, 0.25) is 0 Å². The molecule has 0 fully saturated rings. The summed E-state index contributed by atoms with van der Waals surface area (Å²) in [5, 5.41) is 2.94. The molecule has 0 bridgehead atoms. The summed E-state index contributed by atoms with van der Waals surface area (Å²) in [4.78, 5) is 12.2. The van der Waals surface area contributed by atoms with Crippen molar-refractivity contribution < 1.29 is 9.21 Å². The number of hydrogen-bond donors (Lipinski definition) is 1. The fourth-order valence-corrected chi connectivity index (χ4v) is 2.70. The number of fused-ring (bicyclic) bond motifs is 1. The maximum Gasteiger partial charge on any atom is 0.259 e. The molecule has 0 atom stereocenters. The summed E-state index contributed by atoms with van der Waals surface area (Å²) in [6, 6.07) is 7.95. The van der Waals surface area contributed by atoms with Crippen molar-refractivity contribution in [3.8, 4) is 0 Å². The Morgan fingerprint density at radius 1 is 1.16 bits per heavy atom. The Labute approximate surface area is 112 Å². The van der Waals surface area contributed by atoms with Crippen LogP contribution in [-0.2, 0) is 12.8 Å². The highest BCUT2D eigenvalue weighted by atomic mass is 16.3. The molecule has 0 spiro atoms. The number of carbonyl (C=O) groups excluding carboxylic acids is 1. The van der Waals surface area contributed by atoms with Crippen LogP contribution in [0.25, 0.3) is 0 Å². The topological polar surface area (TPSA) is 42.2 Å². The molecule has 19 heavy (non-hydrogen) atoms. The SMILES string of the molecule is Cc1cc(C(=O)Nc2ccc3c(c2)CCC3)c(C)o1. The van der Waals surface area contributed by atoms with Crippen LogP contribution in [0.4, 0.5) is 5.69 Å². The van der Waals surface area contributed by atoms with E-state index in [1.54, 1.807) is 6.07 Å². The molecule has 0 saturated carbocycles. The number of aryl methyl sites for hydroxylation is 4. The Kier molecular flexibility index (Phi) is 2.90. The van der Waals surface area contributed by atoms with E-state index >= 15 is 0 Å². The van der Waals surface area contributed by atoms with Crippen LogP contribution < -0.4 is 5.32 Å². The first-order valence-electron chi connectivity index (χ1n) is 6.63. The molecule has 1 aliphatic carbocycles. The van der Waals surface area contributed by atoms with Crippen LogP contribution in [-0.4, -0.2) is 5.91 Å². The highest BCUT2D eigenvalue weighted by Crippen LogP contribution is 2.25. The lowest BCUT2D eigenvalue weighted by Gasteiger charge is -2.06. The van der Waals surface area contributed by atoms with Crippen LogP contribution >= 0.6 is 0 Å². The normalized spacial score (nSPS) is 13.4. The minimum Gasteiger partial charge on any atom is -0.466 e. The molecule has 1 aliphatic rings. The van der Waals surface area contributed by atoms with Crippen LogP contribution in [0, 0.1) is 13.8 Å². The van der Waals surface area contributed by atoms with Crippen molar-refractivity contribution in [1.29, 1.82) is 0 Å². The van der Waals surface area contributed by atoms with E-state index in [0.29, 0.717) is 11.3 Å². The van der Waals surface area contributed by atoms with E-state index in [1.807, 2.05) is 19.9 Å². The largest absolute Gasteiger partial charge is 0.466 e. The van der Waals surface area contributed by atoms with Gasteiger partial charge >= 0.3 is 0 Å². The minimum atomic E-state index is -0.104. The second kappa shape index (κ2) is 4.57. The zero-order valence-electron chi connectivity index (χ0n) is 11.2. The van der Waals surface area contributed by atoms with Crippen molar-refractivity contribution in [3.63, 3.8) is 0 Å². The second-order valence-corrected chi connectivity index (χ2v) is 5.12. The number of nitrogens with one attached hydrogen (secondary N) is 1. The minimum absolute atomic E-state index is 0.104. The summed E-state index contributed by atoms with van der Waals surface area (Å²) in [5.74, 6) is 1.32. The first-order valence-corrected chi connectivity index (χ1v) is 6.63. The summed E-state index contributed by atoms with van der Waals surface area (Å²) < 4.78 is 5.39. The third-order valence-electron chi connectivity index (χ3n) is 3.64. The van der Waals surface area contributed by atoms with Gasteiger partial charge < -0.3 is 9.73 Å². The quantitative estimate of drug-likeness (QED) is 0.890. The Balaban J connectivity index is 1.81. The van der Waals surface area contributed by atoms with Crippen molar-refractivity contribution in [2.75, 3.05) is 5.32 Å². The third kappa shape index (κ3) is 2.28. The first kappa shape index (κ1) is 12.0. The summed E-state index contributed by atoms with van der Waals surface area (Å²) in [7, 11) is 0. The number of amides is 1. The van der Waals surface area contributed by atoms with E-state index in [0.717, 1.165) is 24.3 Å². The van der Waals surface area contributed by atoms with Gasteiger partial charge in [-0.2, -0.15) is 0 Å². The fraction of sp³-hybridized carbons (Fsp3) is 0.312. The molecule has 1 N–H and O–H groups in total. The van der Waals surface area contributed by atoms with Gasteiger partial charge in [0.25, 0.3) is 5.91 Å². The Morgan fingerprint density at radius 2 is 1.95 bits per heavy atom. The highest BCUT2D eigenvalue weighted by molar-refractivity contribution is 6.05. The Bertz CT molecular complexity index is 640. The second-order valence-electron chi connectivity index (χ2n) is 5.12. The van der Waals surface area contributed by atoms with Gasteiger partial charge in [0.15, 0.2) is 0 Å². The smallest absolute Gasteiger partial charge is 0.259 e. The van der Waals surface area contributed by atoms with E-state index in [2.05, 4.69) is 17.4 Å². The van der Waals surface area contributed by atoms with Gasteiger partial charge in [0.05, 0.1) is 5.56 Å². The molecule has 0 aliphatic heterocycles. The molecular formula is C16H17NO2. The standard InChI is InChI=1S/C16H17NO2/c1-10-8-15(11(2)19-10)16(18)17-14-7-6-12-4-3-5-13(12)9-14/h6-9H,3-5H2,1-2H3,(H,17,18). The van der Waals surface area contributed by atoms with Gasteiger partial charge in [-0.15, -0.1) is 0 Å². The molecule has 1 amide bonds. The average molecular weight is 255 g/mol. The van der Waals surface area contributed by atoms with Gasteiger partial charge in [0.1, 0.15) is 11.5 Å². The van der Waals surface area contributed by atoms with Gasteiger partial charge in [-0.05, 0) is 62.4 Å². The van der Waals surface area contributed by atoms with Crippen LogP contribution in [0.15, 0.2) is 28.7 Å². The third-order valence-corrected chi connectivity index (χ3v) is 3.64. The molecule has 1 aromatic heterocycles. The molecule has 0 unspecified atom stereocenters. The average Bonchev–Trinajstić information content (AvgIpc) is 2.94. The lowest BCUT2D eigenvalue weighted by Crippen LogP contribution is -2.12. The van der Waals surface area contributed by atoms with Gasteiger partial charge in [-0.3, -0.25) is 4.79 Å². The van der Waals surface area contributed by atoms with Crippen molar-refractivity contribution in [3.05, 3.63) is 52.5 Å². The Morgan fingerprint density at radius 3 is 2.68 bits per heavy atom. The maximum atomic E-state index is 12.2. The highest BCUT2D eigenvalue weighted by Gasteiger charge is 2.15. The first-order chi connectivity index (χ1) is 9.13. The van der Waals surface area contributed by atoms with E-state index in [4.69, 9.17) is 4.42 Å². The number of benzene rings is 1. The van der Waals surface area contributed by atoms with E-state index < -0.39 is 0 Å². The number of carbonyl (C=O) groups is 1. The van der Waals surface area contributed by atoms with E-state index in [-0.39, 0.29) is 5.91 Å². The summed E-state index contributed by atoms with van der Waals surface area (Å²) >= 11 is 0. The number of furan rings is 1. The predicted molar refractivity (Wildman–Crippen MR) is 74.6 cm³/mol. The van der Waals surface area contributed by atoms with Crippen molar-refractivity contribution in [2.45, 2.75) is 33.1 Å². The lowest BCUT2D eigenvalue weighted by molar-refractivity contribution is 0.102. The maximum absolute atomic E-state index is 12.2. The zero-order chi connectivity index (χ0) is 13.4. The molecule has 3 heteroatoms. The van der Waals surface area contributed by atoms with E-state index in [9.17, 15) is 4.79 Å². The molecule has 1 aromatic carbocycles. The fourth-order valence-electron chi connectivity index (χ4n) is 2.70. The number of hydrogen-bond acceptors (Lipinski definition) is 2. The molecule has 3 nitrogen and oxygen atoms in total. The molecule has 1 heterocycles. The van der Waals surface area contributed by atoms with Crippen LogP contribution in [0.1, 0.15) is 39.4 Å². The monoisotopic (exact) mass is 255 g/mol. The Hall–Kier alpha value is -2.03. The predicted octanol–water partition coefficient (Wildman–Crippen LogP) is 3.64. The van der Waals surface area contributed by atoms with Crippen molar-refractivity contribution in [2.24, 2.45) is 0 Å². The molecule has 0 radical (unpaired) electrons. The zero-order valence-corrected chi connectivity index (χ0v) is 11.2. The molecule has 0 saturated heterocycles. The van der Waals surface area contributed by atoms with Crippen LogP contribution in [0.5, 0.6) is 0 Å². The molecule has 98 valence electrons. The molecule has 2 aromatic rings. The lowest BCUT2D eigenvalue weighted by atomic mass is 10.1. The molecular weight excluding hydrogens is 238 g/mol. The summed E-state index contributed by atoms with van der Waals surface area (Å²) in [6.45, 7) is 3.66. The van der Waals surface area contributed by atoms with Crippen molar-refractivity contribution >= 4 is 11.6 Å². The van der Waals surface area contributed by atoms with Crippen molar-refractivity contribution in [1.82, 2.24) is 0 Å². The summed E-state index contributed by atoms with van der Waals surface area (Å²) in [6.07, 6.45) is 3.49. The summed E-state index contributed by atoms with van der Waals surface area (Å²) in [5.41, 5.74) is 4.24. The van der Waals surface area contributed by atoms with Crippen LogP contribution in [0.3, 0.4) is 0 Å². The van der Waals surface area contributed by atoms with Gasteiger partial charge in [-0.1, -0.05) is 6.07 Å². The van der Waals surface area contributed by atoms with Gasteiger partial charge in [-0.25, -0.2) is 0 Å².